The number of fused-ring (bicyclic) bond motifs is 1. The Hall–Kier alpha value is -2.16. The Balaban J connectivity index is 1.69. The van der Waals surface area contributed by atoms with Crippen LogP contribution in [0.25, 0.3) is 0 Å². The number of nitrogens with two attached hydrogens (primary N) is 1. The summed E-state index contributed by atoms with van der Waals surface area (Å²) in [5, 5.41) is 0. The average molecular weight is 255 g/mol. The molecule has 1 aliphatic heterocycles. The third-order valence-corrected chi connectivity index (χ3v) is 3.49. The highest BCUT2D eigenvalue weighted by atomic mass is 16.5. The van der Waals surface area contributed by atoms with Crippen molar-refractivity contribution in [2.75, 3.05) is 18.9 Å². The van der Waals surface area contributed by atoms with Gasteiger partial charge in [-0.05, 0) is 36.8 Å². The van der Waals surface area contributed by atoms with E-state index in [0.717, 1.165) is 22.7 Å². The van der Waals surface area contributed by atoms with E-state index in [2.05, 4.69) is 6.07 Å². The number of rotatable bonds is 3. The maximum Gasteiger partial charge on any atom is 0.123 e. The zero-order chi connectivity index (χ0) is 13.2. The van der Waals surface area contributed by atoms with E-state index >= 15 is 0 Å². The smallest absolute Gasteiger partial charge is 0.123 e. The summed E-state index contributed by atoms with van der Waals surface area (Å²) in [5.74, 6) is 2.13. The number of benzene rings is 2. The van der Waals surface area contributed by atoms with Gasteiger partial charge >= 0.3 is 0 Å². The fourth-order valence-electron chi connectivity index (χ4n) is 2.30. The second-order valence-electron chi connectivity index (χ2n) is 4.88. The van der Waals surface area contributed by atoms with Crippen molar-refractivity contribution < 1.29 is 9.47 Å². The summed E-state index contributed by atoms with van der Waals surface area (Å²) in [4.78, 5) is 0. The predicted molar refractivity (Wildman–Crippen MR) is 75.8 cm³/mol. The van der Waals surface area contributed by atoms with Crippen LogP contribution in [0.5, 0.6) is 11.5 Å². The van der Waals surface area contributed by atoms with E-state index in [-0.39, 0.29) is 0 Å². The number of ether oxygens (including phenoxy) is 2. The van der Waals surface area contributed by atoms with Gasteiger partial charge in [0.05, 0.1) is 19.1 Å². The van der Waals surface area contributed by atoms with Crippen LogP contribution in [0.2, 0.25) is 0 Å². The highest BCUT2D eigenvalue weighted by molar-refractivity contribution is 5.49. The van der Waals surface area contributed by atoms with Gasteiger partial charge in [0, 0.05) is 11.3 Å². The van der Waals surface area contributed by atoms with Crippen LogP contribution < -0.4 is 15.2 Å². The molecule has 1 heterocycles. The van der Waals surface area contributed by atoms with Gasteiger partial charge in [0.15, 0.2) is 0 Å². The molecule has 0 saturated heterocycles. The van der Waals surface area contributed by atoms with Crippen LogP contribution in [-0.2, 0) is 0 Å². The molecule has 0 aliphatic carbocycles. The second kappa shape index (κ2) is 4.84. The molecule has 3 heteroatoms. The van der Waals surface area contributed by atoms with Crippen molar-refractivity contribution in [2.24, 2.45) is 0 Å². The molecule has 0 bridgehead atoms. The number of aryl methyl sites for hydroxylation is 1. The van der Waals surface area contributed by atoms with Crippen LogP contribution in [0.1, 0.15) is 17.0 Å². The molecule has 2 aromatic carbocycles. The van der Waals surface area contributed by atoms with Crippen molar-refractivity contribution in [3.05, 3.63) is 53.6 Å². The van der Waals surface area contributed by atoms with Gasteiger partial charge in [0.1, 0.15) is 11.5 Å². The molecule has 2 N–H and O–H groups in total. The van der Waals surface area contributed by atoms with E-state index < -0.39 is 0 Å². The third-order valence-electron chi connectivity index (χ3n) is 3.49. The molecule has 0 aromatic heterocycles. The normalized spacial score (nSPS) is 16.8. The van der Waals surface area contributed by atoms with Crippen LogP contribution >= 0.6 is 0 Å². The van der Waals surface area contributed by atoms with Crippen LogP contribution in [0, 0.1) is 6.92 Å². The Morgan fingerprint density at radius 1 is 1.26 bits per heavy atom. The summed E-state index contributed by atoms with van der Waals surface area (Å²) in [6.07, 6.45) is 0. The third kappa shape index (κ3) is 2.36. The summed E-state index contributed by atoms with van der Waals surface area (Å²) in [5.41, 5.74) is 8.86. The molecular formula is C16H17NO2. The van der Waals surface area contributed by atoms with Gasteiger partial charge in [-0.2, -0.15) is 0 Å². The van der Waals surface area contributed by atoms with Gasteiger partial charge in [-0.3, -0.25) is 0 Å². The first-order valence-electron chi connectivity index (χ1n) is 6.44. The number of hydrogen-bond donors (Lipinski definition) is 1. The first-order valence-corrected chi connectivity index (χ1v) is 6.44. The molecule has 1 atom stereocenters. The Morgan fingerprint density at radius 2 is 2.11 bits per heavy atom. The van der Waals surface area contributed by atoms with Gasteiger partial charge < -0.3 is 15.2 Å². The molecule has 1 aliphatic rings. The molecule has 1 unspecified atom stereocenters. The Morgan fingerprint density at radius 3 is 2.95 bits per heavy atom. The zero-order valence-corrected chi connectivity index (χ0v) is 10.9. The summed E-state index contributed by atoms with van der Waals surface area (Å²) in [6, 6.07) is 13.9. The molecule has 19 heavy (non-hydrogen) atoms. The summed E-state index contributed by atoms with van der Waals surface area (Å²) in [6.45, 7) is 3.30. The van der Waals surface area contributed by atoms with Crippen molar-refractivity contribution in [2.45, 2.75) is 12.8 Å². The summed E-state index contributed by atoms with van der Waals surface area (Å²) in [7, 11) is 0. The van der Waals surface area contributed by atoms with Crippen LogP contribution in [0.3, 0.4) is 0 Å². The van der Waals surface area contributed by atoms with Crippen molar-refractivity contribution in [1.82, 2.24) is 0 Å². The molecule has 98 valence electrons. The van der Waals surface area contributed by atoms with Gasteiger partial charge in [-0.25, -0.2) is 0 Å². The number of para-hydroxylation sites is 1. The molecule has 0 spiro atoms. The molecule has 0 amide bonds. The minimum absolute atomic E-state index is 0.300. The summed E-state index contributed by atoms with van der Waals surface area (Å²) < 4.78 is 11.5. The summed E-state index contributed by atoms with van der Waals surface area (Å²) >= 11 is 0. The van der Waals surface area contributed by atoms with Gasteiger partial charge in [-0.1, -0.05) is 18.2 Å². The van der Waals surface area contributed by atoms with Gasteiger partial charge in [-0.15, -0.1) is 0 Å². The quantitative estimate of drug-likeness (QED) is 0.857. The maximum absolute atomic E-state index is 5.85. The van der Waals surface area contributed by atoms with E-state index in [1.807, 2.05) is 43.3 Å². The van der Waals surface area contributed by atoms with Gasteiger partial charge in [0.2, 0.25) is 0 Å². The first-order chi connectivity index (χ1) is 9.24. The lowest BCUT2D eigenvalue weighted by Crippen LogP contribution is -2.11. The highest BCUT2D eigenvalue weighted by Gasteiger charge is 2.24. The van der Waals surface area contributed by atoms with E-state index in [1.165, 1.54) is 5.56 Å². The molecule has 0 radical (unpaired) electrons. The molecule has 0 fully saturated rings. The first kappa shape index (κ1) is 11.9. The highest BCUT2D eigenvalue weighted by Crippen LogP contribution is 2.33. The van der Waals surface area contributed by atoms with E-state index in [9.17, 15) is 0 Å². The fourth-order valence-corrected chi connectivity index (χ4v) is 2.30. The molecule has 3 nitrogen and oxygen atoms in total. The van der Waals surface area contributed by atoms with Crippen LogP contribution in [0.4, 0.5) is 5.69 Å². The largest absolute Gasteiger partial charge is 0.493 e. The zero-order valence-electron chi connectivity index (χ0n) is 10.9. The Labute approximate surface area is 113 Å². The van der Waals surface area contributed by atoms with E-state index in [4.69, 9.17) is 15.2 Å². The van der Waals surface area contributed by atoms with Crippen LogP contribution in [-0.4, -0.2) is 13.2 Å². The number of nitrogen functional groups attached to an aromatic ring is 1. The number of hydrogen-bond acceptors (Lipinski definition) is 3. The lowest BCUT2D eigenvalue weighted by atomic mass is 10.0. The van der Waals surface area contributed by atoms with Crippen molar-refractivity contribution in [1.29, 1.82) is 0 Å². The lowest BCUT2D eigenvalue weighted by molar-refractivity contribution is 0.248. The van der Waals surface area contributed by atoms with Crippen molar-refractivity contribution >= 4 is 5.69 Å². The fraction of sp³-hybridized carbons (Fsp3) is 0.250. The average Bonchev–Trinajstić information content (AvgIpc) is 2.83. The van der Waals surface area contributed by atoms with Crippen molar-refractivity contribution in [3.8, 4) is 11.5 Å². The molecule has 2 aromatic rings. The van der Waals surface area contributed by atoms with Gasteiger partial charge in [0.25, 0.3) is 0 Å². The van der Waals surface area contributed by atoms with E-state index in [0.29, 0.717) is 19.1 Å². The standard InChI is InChI=1S/C16H17NO2/c1-11-8-13(6-7-15(11)17)18-9-12-10-19-16-5-3-2-4-14(12)16/h2-8,12H,9-10,17H2,1H3. The minimum atomic E-state index is 0.300. The molecule has 0 saturated carbocycles. The van der Waals surface area contributed by atoms with E-state index in [1.54, 1.807) is 0 Å². The molecular weight excluding hydrogens is 238 g/mol. The minimum Gasteiger partial charge on any atom is -0.493 e. The second-order valence-corrected chi connectivity index (χ2v) is 4.88. The SMILES string of the molecule is Cc1cc(OCC2COc3ccccc32)ccc1N. The van der Waals surface area contributed by atoms with Crippen molar-refractivity contribution in [3.63, 3.8) is 0 Å². The monoisotopic (exact) mass is 255 g/mol. The Bertz CT molecular complexity index is 595. The molecule has 3 rings (SSSR count). The predicted octanol–water partition coefficient (Wildman–Crippen LogP) is 3.13. The van der Waals surface area contributed by atoms with Crippen LogP contribution in [0.15, 0.2) is 42.5 Å². The Kier molecular flexibility index (Phi) is 3.03. The topological polar surface area (TPSA) is 44.5 Å². The maximum atomic E-state index is 5.85. The number of anilines is 1. The lowest BCUT2D eigenvalue weighted by Gasteiger charge is -2.12.